The van der Waals surface area contributed by atoms with E-state index >= 15 is 0 Å². The normalized spacial score (nSPS) is 11.1. The summed E-state index contributed by atoms with van der Waals surface area (Å²) >= 11 is 7.44. The van der Waals surface area contributed by atoms with Gasteiger partial charge in [-0.15, -0.1) is 10.2 Å². The standard InChI is InChI=1S/C20H12ClN5O2S/c21-14-5-1-3-12(9-14)16-7-8-17(28-16)18(27)23-15-6-2-4-13(10-15)19-25-26-11-22-24-20(26)29-19/h1-11H,(H,23,27). The highest BCUT2D eigenvalue weighted by Gasteiger charge is 2.14. The Morgan fingerprint density at radius 3 is 2.79 bits per heavy atom. The number of furan rings is 1. The molecule has 0 unspecified atom stereocenters. The van der Waals surface area contributed by atoms with E-state index < -0.39 is 0 Å². The van der Waals surface area contributed by atoms with Gasteiger partial charge in [0.2, 0.25) is 4.96 Å². The van der Waals surface area contributed by atoms with E-state index in [1.54, 1.807) is 35.1 Å². The van der Waals surface area contributed by atoms with Gasteiger partial charge in [-0.1, -0.05) is 47.2 Å². The van der Waals surface area contributed by atoms with Crippen molar-refractivity contribution in [3.63, 3.8) is 0 Å². The van der Waals surface area contributed by atoms with Crippen molar-refractivity contribution in [1.82, 2.24) is 19.8 Å². The lowest BCUT2D eigenvalue weighted by Gasteiger charge is -2.05. The zero-order valence-electron chi connectivity index (χ0n) is 14.7. The van der Waals surface area contributed by atoms with E-state index in [1.165, 1.54) is 11.3 Å². The first-order valence-electron chi connectivity index (χ1n) is 8.60. The van der Waals surface area contributed by atoms with Gasteiger partial charge in [-0.2, -0.15) is 9.61 Å². The van der Waals surface area contributed by atoms with Gasteiger partial charge >= 0.3 is 0 Å². The molecule has 0 aliphatic rings. The third-order valence-corrected chi connectivity index (χ3v) is 5.39. The predicted molar refractivity (Wildman–Crippen MR) is 111 cm³/mol. The number of anilines is 1. The fourth-order valence-electron chi connectivity index (χ4n) is 2.86. The van der Waals surface area contributed by atoms with Crippen LogP contribution < -0.4 is 5.32 Å². The lowest BCUT2D eigenvalue weighted by atomic mass is 10.2. The minimum absolute atomic E-state index is 0.212. The van der Waals surface area contributed by atoms with Crippen molar-refractivity contribution < 1.29 is 9.21 Å². The zero-order chi connectivity index (χ0) is 19.8. The van der Waals surface area contributed by atoms with Crippen molar-refractivity contribution >= 4 is 39.5 Å². The van der Waals surface area contributed by atoms with Crippen molar-refractivity contribution in [2.75, 3.05) is 5.32 Å². The van der Waals surface area contributed by atoms with Gasteiger partial charge < -0.3 is 9.73 Å². The molecule has 0 aliphatic heterocycles. The molecule has 0 spiro atoms. The number of hydrogen-bond acceptors (Lipinski definition) is 6. The summed E-state index contributed by atoms with van der Waals surface area (Å²) in [6.45, 7) is 0. The number of rotatable bonds is 4. The van der Waals surface area contributed by atoms with Crippen molar-refractivity contribution in [2.24, 2.45) is 0 Å². The van der Waals surface area contributed by atoms with Crippen LogP contribution in [0.4, 0.5) is 5.69 Å². The molecule has 29 heavy (non-hydrogen) atoms. The summed E-state index contributed by atoms with van der Waals surface area (Å²) in [6, 6.07) is 18.1. The summed E-state index contributed by atoms with van der Waals surface area (Å²) < 4.78 is 7.32. The molecule has 7 nitrogen and oxygen atoms in total. The Labute approximate surface area is 173 Å². The molecule has 0 aliphatic carbocycles. The quantitative estimate of drug-likeness (QED) is 0.440. The number of halogens is 1. The third kappa shape index (κ3) is 3.51. The summed E-state index contributed by atoms with van der Waals surface area (Å²) in [4.78, 5) is 13.3. The Morgan fingerprint density at radius 1 is 1.07 bits per heavy atom. The topological polar surface area (TPSA) is 85.3 Å². The summed E-state index contributed by atoms with van der Waals surface area (Å²) in [5.41, 5.74) is 2.32. The van der Waals surface area contributed by atoms with E-state index in [2.05, 4.69) is 20.6 Å². The minimum Gasteiger partial charge on any atom is -0.451 e. The number of hydrogen-bond donors (Lipinski definition) is 1. The molecule has 0 atom stereocenters. The number of carbonyl (C=O) groups excluding carboxylic acids is 1. The maximum Gasteiger partial charge on any atom is 0.291 e. The molecule has 0 radical (unpaired) electrons. The van der Waals surface area contributed by atoms with Gasteiger partial charge in [-0.3, -0.25) is 4.79 Å². The predicted octanol–water partition coefficient (Wildman–Crippen LogP) is 5.02. The summed E-state index contributed by atoms with van der Waals surface area (Å²) in [5.74, 6) is 0.448. The van der Waals surface area contributed by atoms with Crippen LogP contribution >= 0.6 is 22.9 Å². The Kier molecular flexibility index (Phi) is 4.34. The number of fused-ring (bicyclic) bond motifs is 1. The van der Waals surface area contributed by atoms with E-state index in [1.807, 2.05) is 36.4 Å². The van der Waals surface area contributed by atoms with E-state index in [0.717, 1.165) is 16.1 Å². The van der Waals surface area contributed by atoms with Crippen LogP contribution in [0.1, 0.15) is 10.6 Å². The van der Waals surface area contributed by atoms with Gasteiger partial charge in [0.1, 0.15) is 17.1 Å². The summed E-state index contributed by atoms with van der Waals surface area (Å²) in [6.07, 6.45) is 1.55. The molecule has 3 aromatic heterocycles. The van der Waals surface area contributed by atoms with E-state index in [4.69, 9.17) is 16.0 Å². The van der Waals surface area contributed by atoms with Crippen LogP contribution in [-0.2, 0) is 0 Å². The molecule has 5 aromatic rings. The molecule has 0 bridgehead atoms. The second-order valence-electron chi connectivity index (χ2n) is 6.17. The molecule has 5 rings (SSSR count). The number of aromatic nitrogens is 4. The molecule has 2 aromatic carbocycles. The van der Waals surface area contributed by atoms with Gasteiger partial charge in [0.25, 0.3) is 5.91 Å². The second kappa shape index (κ2) is 7.16. The largest absolute Gasteiger partial charge is 0.451 e. The Morgan fingerprint density at radius 2 is 1.93 bits per heavy atom. The van der Waals surface area contributed by atoms with Gasteiger partial charge in [-0.05, 0) is 36.4 Å². The van der Waals surface area contributed by atoms with Crippen LogP contribution in [0, 0.1) is 0 Å². The maximum absolute atomic E-state index is 12.6. The first-order chi connectivity index (χ1) is 14.2. The van der Waals surface area contributed by atoms with Crippen LogP contribution in [0.25, 0.3) is 26.9 Å². The number of nitrogens with one attached hydrogen (secondary N) is 1. The average molecular weight is 422 g/mol. The van der Waals surface area contributed by atoms with E-state index in [-0.39, 0.29) is 11.7 Å². The molecule has 0 fully saturated rings. The van der Waals surface area contributed by atoms with Crippen molar-refractivity contribution in [3.05, 3.63) is 77.8 Å². The zero-order valence-corrected chi connectivity index (χ0v) is 16.3. The van der Waals surface area contributed by atoms with Crippen LogP contribution in [0.5, 0.6) is 0 Å². The van der Waals surface area contributed by atoms with Gasteiger partial charge in [0.05, 0.1) is 0 Å². The van der Waals surface area contributed by atoms with Crippen molar-refractivity contribution in [3.8, 4) is 21.9 Å². The van der Waals surface area contributed by atoms with Crippen LogP contribution in [0.15, 0.2) is 71.4 Å². The average Bonchev–Trinajstić information content (AvgIpc) is 3.44. The third-order valence-electron chi connectivity index (χ3n) is 4.19. The van der Waals surface area contributed by atoms with Crippen molar-refractivity contribution in [1.29, 1.82) is 0 Å². The van der Waals surface area contributed by atoms with Gasteiger partial charge in [0.15, 0.2) is 5.76 Å². The fourth-order valence-corrected chi connectivity index (χ4v) is 3.86. The molecule has 0 saturated heterocycles. The fraction of sp³-hybridized carbons (Fsp3) is 0. The number of amides is 1. The SMILES string of the molecule is O=C(Nc1cccc(-c2nn3cnnc3s2)c1)c1ccc(-c2cccc(Cl)c2)o1. The molecule has 0 saturated carbocycles. The molecule has 3 heterocycles. The molecule has 1 N–H and O–H groups in total. The summed E-state index contributed by atoms with van der Waals surface area (Å²) in [5, 5.41) is 16.5. The molecule has 142 valence electrons. The highest BCUT2D eigenvalue weighted by atomic mass is 35.5. The lowest BCUT2D eigenvalue weighted by Crippen LogP contribution is -2.10. The number of carbonyl (C=O) groups is 1. The highest BCUT2D eigenvalue weighted by molar-refractivity contribution is 7.19. The highest BCUT2D eigenvalue weighted by Crippen LogP contribution is 2.28. The van der Waals surface area contributed by atoms with Gasteiger partial charge in [0, 0.05) is 21.8 Å². The van der Waals surface area contributed by atoms with Crippen molar-refractivity contribution in [2.45, 2.75) is 0 Å². The molecular weight excluding hydrogens is 410 g/mol. The first kappa shape index (κ1) is 17.6. The number of nitrogens with zero attached hydrogens (tertiary/aromatic N) is 4. The molecular formula is C20H12ClN5O2S. The lowest BCUT2D eigenvalue weighted by molar-refractivity contribution is 0.0997. The monoisotopic (exact) mass is 421 g/mol. The van der Waals surface area contributed by atoms with Crippen LogP contribution in [0.2, 0.25) is 5.02 Å². The Bertz CT molecular complexity index is 1310. The summed E-state index contributed by atoms with van der Waals surface area (Å²) in [7, 11) is 0. The van der Waals surface area contributed by atoms with Crippen LogP contribution in [-0.4, -0.2) is 25.7 Å². The smallest absolute Gasteiger partial charge is 0.291 e. The maximum atomic E-state index is 12.6. The number of benzene rings is 2. The van der Waals surface area contributed by atoms with E-state index in [9.17, 15) is 4.79 Å². The second-order valence-corrected chi connectivity index (χ2v) is 7.57. The van der Waals surface area contributed by atoms with Gasteiger partial charge in [-0.25, -0.2) is 0 Å². The van der Waals surface area contributed by atoms with Crippen LogP contribution in [0.3, 0.4) is 0 Å². The Hall–Kier alpha value is -3.49. The molecule has 9 heteroatoms. The Balaban J connectivity index is 1.36. The van der Waals surface area contributed by atoms with E-state index in [0.29, 0.717) is 21.4 Å². The molecule has 1 amide bonds. The minimum atomic E-state index is -0.339. The first-order valence-corrected chi connectivity index (χ1v) is 9.79.